The van der Waals surface area contributed by atoms with Gasteiger partial charge in [-0.2, -0.15) is 0 Å². The summed E-state index contributed by atoms with van der Waals surface area (Å²) in [7, 11) is 0. The van der Waals surface area contributed by atoms with E-state index in [1.54, 1.807) is 6.26 Å². The van der Waals surface area contributed by atoms with Crippen LogP contribution in [0.25, 0.3) is 0 Å². The van der Waals surface area contributed by atoms with E-state index in [2.05, 4.69) is 21.8 Å². The van der Waals surface area contributed by atoms with Crippen LogP contribution in [0.1, 0.15) is 43.2 Å². The third-order valence-corrected chi connectivity index (χ3v) is 4.01. The first kappa shape index (κ1) is 12.5. The van der Waals surface area contributed by atoms with Crippen LogP contribution in [-0.2, 0) is 6.42 Å². The van der Waals surface area contributed by atoms with Crippen molar-refractivity contribution in [1.82, 2.24) is 14.9 Å². The lowest BCUT2D eigenvalue weighted by atomic mass is 9.94. The highest BCUT2D eigenvalue weighted by Gasteiger charge is 2.21. The van der Waals surface area contributed by atoms with Gasteiger partial charge in [0, 0.05) is 30.3 Å². The minimum Gasteiger partial charge on any atom is -0.469 e. The van der Waals surface area contributed by atoms with Gasteiger partial charge < -0.3 is 14.3 Å². The summed E-state index contributed by atoms with van der Waals surface area (Å²) >= 11 is 0. The van der Waals surface area contributed by atoms with Crippen LogP contribution in [0.15, 0.2) is 35.3 Å². The summed E-state index contributed by atoms with van der Waals surface area (Å²) in [5.41, 5.74) is 1.38. The molecule has 0 saturated carbocycles. The van der Waals surface area contributed by atoms with Crippen LogP contribution in [0.3, 0.4) is 0 Å². The summed E-state index contributed by atoms with van der Waals surface area (Å²) < 4.78 is 7.76. The number of piperidine rings is 1. The summed E-state index contributed by atoms with van der Waals surface area (Å²) in [6, 6.07) is 4.37. The quantitative estimate of drug-likeness (QED) is 0.918. The zero-order chi connectivity index (χ0) is 13.1. The second kappa shape index (κ2) is 5.61. The van der Waals surface area contributed by atoms with Gasteiger partial charge in [0.05, 0.1) is 12.6 Å². The van der Waals surface area contributed by atoms with Crippen LogP contribution < -0.4 is 5.32 Å². The summed E-state index contributed by atoms with van der Waals surface area (Å²) in [6.45, 7) is 4.46. The Hall–Kier alpha value is -1.55. The predicted molar refractivity (Wildman–Crippen MR) is 74.2 cm³/mol. The first-order chi connectivity index (χ1) is 9.34. The molecule has 0 bridgehead atoms. The number of rotatable bonds is 4. The Morgan fingerprint density at radius 3 is 3.05 bits per heavy atom. The average molecular weight is 259 g/mol. The minimum atomic E-state index is 0.388. The molecule has 0 amide bonds. The Morgan fingerprint density at radius 1 is 1.47 bits per heavy atom. The molecule has 2 aromatic rings. The van der Waals surface area contributed by atoms with Crippen LogP contribution in [0.5, 0.6) is 0 Å². The molecule has 2 aromatic heterocycles. The molecule has 1 saturated heterocycles. The Morgan fingerprint density at radius 2 is 2.32 bits per heavy atom. The van der Waals surface area contributed by atoms with E-state index in [4.69, 9.17) is 4.42 Å². The Labute approximate surface area is 113 Å². The largest absolute Gasteiger partial charge is 0.469 e. The van der Waals surface area contributed by atoms with Crippen molar-refractivity contribution in [3.63, 3.8) is 0 Å². The molecule has 3 rings (SSSR count). The molecule has 102 valence electrons. The third-order valence-electron chi connectivity index (χ3n) is 4.01. The lowest BCUT2D eigenvalue weighted by Gasteiger charge is -2.25. The number of imidazole rings is 1. The van der Waals surface area contributed by atoms with Gasteiger partial charge in [0.15, 0.2) is 0 Å². The van der Waals surface area contributed by atoms with Gasteiger partial charge >= 0.3 is 0 Å². The topological polar surface area (TPSA) is 43.0 Å². The summed E-state index contributed by atoms with van der Waals surface area (Å²) in [4.78, 5) is 4.36. The molecule has 3 heterocycles. The van der Waals surface area contributed by atoms with Crippen LogP contribution in [0.2, 0.25) is 0 Å². The highest BCUT2D eigenvalue weighted by Crippen LogP contribution is 2.27. The Balaban J connectivity index is 1.75. The number of aromatic nitrogens is 2. The molecule has 19 heavy (non-hydrogen) atoms. The van der Waals surface area contributed by atoms with Crippen LogP contribution >= 0.6 is 0 Å². The highest BCUT2D eigenvalue weighted by molar-refractivity contribution is 5.10. The smallest absolute Gasteiger partial charge is 0.105 e. The molecular weight excluding hydrogens is 238 g/mol. The van der Waals surface area contributed by atoms with Crippen LogP contribution in [-0.4, -0.2) is 22.6 Å². The SMILES string of the molecule is CC(Cc1ccco1)n1cncc1C1CCNCC1. The van der Waals surface area contributed by atoms with E-state index in [0.29, 0.717) is 12.0 Å². The van der Waals surface area contributed by atoms with E-state index in [-0.39, 0.29) is 0 Å². The molecule has 1 fully saturated rings. The molecule has 0 aromatic carbocycles. The van der Waals surface area contributed by atoms with Gasteiger partial charge in [-0.05, 0) is 45.0 Å². The molecule has 0 radical (unpaired) electrons. The first-order valence-electron chi connectivity index (χ1n) is 7.09. The number of hydrogen-bond acceptors (Lipinski definition) is 3. The molecular formula is C15H21N3O. The molecule has 1 atom stereocenters. The summed E-state index contributed by atoms with van der Waals surface area (Å²) in [6.07, 6.45) is 9.07. The second-order valence-corrected chi connectivity index (χ2v) is 5.38. The molecule has 1 unspecified atom stereocenters. The lowest BCUT2D eigenvalue weighted by molar-refractivity contribution is 0.405. The number of nitrogens with one attached hydrogen (secondary N) is 1. The average Bonchev–Trinajstić information content (AvgIpc) is 3.10. The van der Waals surface area contributed by atoms with Gasteiger partial charge in [-0.3, -0.25) is 0 Å². The zero-order valence-corrected chi connectivity index (χ0v) is 11.4. The number of nitrogens with zero attached hydrogens (tertiary/aromatic N) is 2. The summed E-state index contributed by atoms with van der Waals surface area (Å²) in [5, 5.41) is 3.42. The van der Waals surface area contributed by atoms with Crippen molar-refractivity contribution < 1.29 is 4.42 Å². The minimum absolute atomic E-state index is 0.388. The van der Waals surface area contributed by atoms with Crippen molar-refractivity contribution in [1.29, 1.82) is 0 Å². The predicted octanol–water partition coefficient (Wildman–Crippen LogP) is 2.75. The van der Waals surface area contributed by atoms with Crippen LogP contribution in [0, 0.1) is 0 Å². The standard InChI is InChI=1S/C15H21N3O/c1-12(9-14-3-2-8-19-14)18-11-17-10-15(18)13-4-6-16-7-5-13/h2-3,8,10-13,16H,4-7,9H2,1H3. The van der Waals surface area contributed by atoms with Gasteiger partial charge in [0.25, 0.3) is 0 Å². The molecule has 0 aliphatic carbocycles. The van der Waals surface area contributed by atoms with Gasteiger partial charge in [-0.25, -0.2) is 4.98 Å². The van der Waals surface area contributed by atoms with Crippen molar-refractivity contribution in [3.8, 4) is 0 Å². The fourth-order valence-corrected chi connectivity index (χ4v) is 2.94. The first-order valence-corrected chi connectivity index (χ1v) is 7.09. The monoisotopic (exact) mass is 259 g/mol. The maximum absolute atomic E-state index is 5.44. The van der Waals surface area contributed by atoms with Gasteiger partial charge in [-0.15, -0.1) is 0 Å². The molecule has 4 heteroatoms. The van der Waals surface area contributed by atoms with E-state index in [9.17, 15) is 0 Å². The maximum atomic E-state index is 5.44. The van der Waals surface area contributed by atoms with E-state index < -0.39 is 0 Å². The number of hydrogen-bond donors (Lipinski definition) is 1. The molecule has 1 aliphatic rings. The van der Waals surface area contributed by atoms with Crippen molar-refractivity contribution in [2.75, 3.05) is 13.1 Å². The Bertz CT molecular complexity index is 497. The van der Waals surface area contributed by atoms with E-state index in [0.717, 1.165) is 25.3 Å². The van der Waals surface area contributed by atoms with Crippen molar-refractivity contribution in [3.05, 3.63) is 42.4 Å². The summed E-state index contributed by atoms with van der Waals surface area (Å²) in [5.74, 6) is 1.68. The molecule has 4 nitrogen and oxygen atoms in total. The number of furan rings is 1. The van der Waals surface area contributed by atoms with E-state index >= 15 is 0 Å². The third kappa shape index (κ3) is 2.73. The second-order valence-electron chi connectivity index (χ2n) is 5.38. The highest BCUT2D eigenvalue weighted by atomic mass is 16.3. The van der Waals surface area contributed by atoms with Crippen molar-refractivity contribution >= 4 is 0 Å². The normalized spacial score (nSPS) is 18.6. The van der Waals surface area contributed by atoms with Crippen molar-refractivity contribution in [2.24, 2.45) is 0 Å². The van der Waals surface area contributed by atoms with E-state index in [1.807, 2.05) is 24.7 Å². The fraction of sp³-hybridized carbons (Fsp3) is 0.533. The molecule has 1 aliphatic heterocycles. The fourth-order valence-electron chi connectivity index (χ4n) is 2.94. The van der Waals surface area contributed by atoms with Gasteiger partial charge in [0.2, 0.25) is 0 Å². The van der Waals surface area contributed by atoms with Crippen molar-refractivity contribution in [2.45, 2.75) is 38.1 Å². The molecule has 0 spiro atoms. The van der Waals surface area contributed by atoms with Gasteiger partial charge in [-0.1, -0.05) is 0 Å². The Kier molecular flexibility index (Phi) is 3.69. The molecule has 1 N–H and O–H groups in total. The van der Waals surface area contributed by atoms with Crippen LogP contribution in [0.4, 0.5) is 0 Å². The van der Waals surface area contributed by atoms with E-state index in [1.165, 1.54) is 18.5 Å². The zero-order valence-electron chi connectivity index (χ0n) is 11.4. The lowest BCUT2D eigenvalue weighted by Crippen LogP contribution is -2.28. The maximum Gasteiger partial charge on any atom is 0.105 e. The van der Waals surface area contributed by atoms with Gasteiger partial charge in [0.1, 0.15) is 5.76 Å².